The van der Waals surface area contributed by atoms with Crippen molar-refractivity contribution < 1.29 is 9.47 Å². The minimum absolute atomic E-state index is 0.242. The molecule has 7 heteroatoms. The average molecular weight is 312 g/mol. The SMILES string of the molecule is CNc1ncc2cc(-c3cc(OC)cc(OC)c3)c(=O)[nH]c2n1. The van der Waals surface area contributed by atoms with Gasteiger partial charge >= 0.3 is 0 Å². The third kappa shape index (κ3) is 2.80. The van der Waals surface area contributed by atoms with Crippen molar-refractivity contribution in [3.8, 4) is 22.6 Å². The first kappa shape index (κ1) is 14.8. The van der Waals surface area contributed by atoms with Crippen molar-refractivity contribution in [2.75, 3.05) is 26.6 Å². The summed E-state index contributed by atoms with van der Waals surface area (Å²) in [5.74, 6) is 1.67. The second kappa shape index (κ2) is 5.96. The molecule has 0 radical (unpaired) electrons. The molecule has 3 rings (SSSR count). The molecule has 0 saturated carbocycles. The van der Waals surface area contributed by atoms with Crippen LogP contribution in [0, 0.1) is 0 Å². The molecule has 0 saturated heterocycles. The van der Waals surface area contributed by atoms with Gasteiger partial charge in [-0.2, -0.15) is 4.98 Å². The summed E-state index contributed by atoms with van der Waals surface area (Å²) in [4.78, 5) is 23.6. The van der Waals surface area contributed by atoms with Crippen LogP contribution < -0.4 is 20.3 Å². The maximum Gasteiger partial charge on any atom is 0.257 e. The monoisotopic (exact) mass is 312 g/mol. The van der Waals surface area contributed by atoms with Crippen molar-refractivity contribution in [3.63, 3.8) is 0 Å². The van der Waals surface area contributed by atoms with Crippen LogP contribution in [0.2, 0.25) is 0 Å². The van der Waals surface area contributed by atoms with Crippen molar-refractivity contribution >= 4 is 17.0 Å². The number of fused-ring (bicyclic) bond motifs is 1. The van der Waals surface area contributed by atoms with Crippen LogP contribution in [0.4, 0.5) is 5.95 Å². The van der Waals surface area contributed by atoms with Gasteiger partial charge < -0.3 is 19.8 Å². The normalized spacial score (nSPS) is 10.6. The maximum atomic E-state index is 12.4. The molecule has 0 unspecified atom stereocenters. The fourth-order valence-electron chi connectivity index (χ4n) is 2.29. The number of aromatic nitrogens is 3. The molecule has 2 heterocycles. The van der Waals surface area contributed by atoms with E-state index in [1.165, 1.54) is 0 Å². The molecule has 23 heavy (non-hydrogen) atoms. The Hall–Kier alpha value is -3.09. The van der Waals surface area contributed by atoms with Crippen LogP contribution in [0.25, 0.3) is 22.2 Å². The second-order valence-corrected chi connectivity index (χ2v) is 4.86. The Balaban J connectivity index is 2.20. The van der Waals surface area contributed by atoms with Crippen LogP contribution in [0.1, 0.15) is 0 Å². The topological polar surface area (TPSA) is 89.1 Å². The fourth-order valence-corrected chi connectivity index (χ4v) is 2.29. The van der Waals surface area contributed by atoms with Crippen molar-refractivity contribution in [2.24, 2.45) is 0 Å². The number of rotatable bonds is 4. The van der Waals surface area contributed by atoms with Gasteiger partial charge in [-0.05, 0) is 23.8 Å². The van der Waals surface area contributed by atoms with Gasteiger partial charge in [0.05, 0.1) is 14.2 Å². The molecule has 0 bridgehead atoms. The zero-order chi connectivity index (χ0) is 16.4. The van der Waals surface area contributed by atoms with Crippen LogP contribution in [-0.4, -0.2) is 36.2 Å². The number of ether oxygens (including phenoxy) is 2. The summed E-state index contributed by atoms with van der Waals surface area (Å²) in [6.07, 6.45) is 1.66. The summed E-state index contributed by atoms with van der Waals surface area (Å²) in [6.45, 7) is 0. The number of pyridine rings is 1. The van der Waals surface area contributed by atoms with Crippen LogP contribution in [0.3, 0.4) is 0 Å². The van der Waals surface area contributed by atoms with Crippen LogP contribution in [0.15, 0.2) is 35.3 Å². The molecular formula is C16H16N4O3. The van der Waals surface area contributed by atoms with E-state index in [1.54, 1.807) is 51.7 Å². The summed E-state index contributed by atoms with van der Waals surface area (Å²) in [6, 6.07) is 7.06. The molecule has 0 aliphatic rings. The first-order valence-corrected chi connectivity index (χ1v) is 6.96. The van der Waals surface area contributed by atoms with Gasteiger partial charge in [-0.15, -0.1) is 0 Å². The predicted molar refractivity (Wildman–Crippen MR) is 88.2 cm³/mol. The molecule has 0 aliphatic carbocycles. The Bertz CT molecular complexity index is 899. The van der Waals surface area contributed by atoms with Crippen molar-refractivity contribution in [1.82, 2.24) is 15.0 Å². The lowest BCUT2D eigenvalue weighted by Gasteiger charge is -2.09. The molecule has 2 N–H and O–H groups in total. The number of methoxy groups -OCH3 is 2. The van der Waals surface area contributed by atoms with Gasteiger partial charge in [-0.1, -0.05) is 0 Å². The predicted octanol–water partition coefficient (Wildman–Crippen LogP) is 2.04. The smallest absolute Gasteiger partial charge is 0.257 e. The number of benzene rings is 1. The van der Waals surface area contributed by atoms with Gasteiger partial charge in [0.25, 0.3) is 5.56 Å². The lowest BCUT2D eigenvalue weighted by molar-refractivity contribution is 0.394. The molecule has 1 aromatic carbocycles. The Morgan fingerprint density at radius 2 is 1.78 bits per heavy atom. The third-order valence-corrected chi connectivity index (χ3v) is 3.48. The van der Waals surface area contributed by atoms with Crippen LogP contribution in [0.5, 0.6) is 11.5 Å². The standard InChI is InChI=1S/C16H16N4O3/c1-17-16-18-8-10-6-13(15(21)19-14(10)20-16)9-4-11(22-2)7-12(5-9)23-3/h4-8H,1-3H3,(H2,17,18,19,20,21). The highest BCUT2D eigenvalue weighted by Crippen LogP contribution is 2.28. The number of nitrogens with zero attached hydrogens (tertiary/aromatic N) is 2. The second-order valence-electron chi connectivity index (χ2n) is 4.86. The molecule has 0 spiro atoms. The fraction of sp³-hybridized carbons (Fsp3) is 0.188. The van der Waals surface area contributed by atoms with Gasteiger partial charge in [0.1, 0.15) is 17.1 Å². The van der Waals surface area contributed by atoms with Gasteiger partial charge in [0.2, 0.25) is 5.95 Å². The summed E-state index contributed by atoms with van der Waals surface area (Å²) in [5, 5.41) is 3.57. The average Bonchev–Trinajstić information content (AvgIpc) is 2.59. The molecule has 7 nitrogen and oxygen atoms in total. The zero-order valence-electron chi connectivity index (χ0n) is 13.0. The molecule has 0 aliphatic heterocycles. The van der Waals surface area contributed by atoms with Crippen molar-refractivity contribution in [3.05, 3.63) is 40.8 Å². The van der Waals surface area contributed by atoms with Crippen molar-refractivity contribution in [1.29, 1.82) is 0 Å². The zero-order valence-corrected chi connectivity index (χ0v) is 13.0. The van der Waals surface area contributed by atoms with E-state index in [1.807, 2.05) is 0 Å². The molecule has 118 valence electrons. The quantitative estimate of drug-likeness (QED) is 0.766. The summed E-state index contributed by atoms with van der Waals surface area (Å²) < 4.78 is 10.5. The maximum absolute atomic E-state index is 12.4. The van der Waals surface area contributed by atoms with Gasteiger partial charge in [-0.25, -0.2) is 4.98 Å². The van der Waals surface area contributed by atoms with Crippen LogP contribution >= 0.6 is 0 Å². The largest absolute Gasteiger partial charge is 0.497 e. The molecule has 0 atom stereocenters. The van der Waals surface area contributed by atoms with E-state index in [0.29, 0.717) is 34.2 Å². The first-order valence-electron chi connectivity index (χ1n) is 6.96. The van der Waals surface area contributed by atoms with E-state index in [0.717, 1.165) is 5.39 Å². The third-order valence-electron chi connectivity index (χ3n) is 3.48. The van der Waals surface area contributed by atoms with Gasteiger partial charge in [-0.3, -0.25) is 4.79 Å². The summed E-state index contributed by atoms with van der Waals surface area (Å²) in [5.41, 5.74) is 1.43. The Morgan fingerprint density at radius 1 is 1.09 bits per heavy atom. The molecular weight excluding hydrogens is 296 g/mol. The Kier molecular flexibility index (Phi) is 3.84. The highest BCUT2D eigenvalue weighted by Gasteiger charge is 2.10. The van der Waals surface area contributed by atoms with E-state index in [2.05, 4.69) is 20.3 Å². The lowest BCUT2D eigenvalue weighted by Crippen LogP contribution is -2.10. The number of H-pyrrole nitrogens is 1. The highest BCUT2D eigenvalue weighted by atomic mass is 16.5. The summed E-state index contributed by atoms with van der Waals surface area (Å²) in [7, 11) is 4.85. The van der Waals surface area contributed by atoms with Crippen LogP contribution in [-0.2, 0) is 0 Å². The summed E-state index contributed by atoms with van der Waals surface area (Å²) >= 11 is 0. The van der Waals surface area contributed by atoms with Crippen molar-refractivity contribution in [2.45, 2.75) is 0 Å². The highest BCUT2D eigenvalue weighted by molar-refractivity contribution is 5.81. The molecule has 0 fully saturated rings. The molecule has 3 aromatic rings. The van der Waals surface area contributed by atoms with E-state index in [9.17, 15) is 4.79 Å². The van der Waals surface area contributed by atoms with Gasteiger partial charge in [0.15, 0.2) is 0 Å². The Labute approximate surface area is 132 Å². The molecule has 2 aromatic heterocycles. The van der Waals surface area contributed by atoms with E-state index in [4.69, 9.17) is 9.47 Å². The van der Waals surface area contributed by atoms with Gasteiger partial charge in [0, 0.05) is 30.3 Å². The van der Waals surface area contributed by atoms with E-state index >= 15 is 0 Å². The minimum Gasteiger partial charge on any atom is -0.497 e. The van der Waals surface area contributed by atoms with E-state index < -0.39 is 0 Å². The first-order chi connectivity index (χ1) is 11.1. The number of aromatic amines is 1. The van der Waals surface area contributed by atoms with E-state index in [-0.39, 0.29) is 5.56 Å². The lowest BCUT2D eigenvalue weighted by atomic mass is 10.1. The Morgan fingerprint density at radius 3 is 2.39 bits per heavy atom. The number of anilines is 1. The number of hydrogen-bond acceptors (Lipinski definition) is 6. The number of hydrogen-bond donors (Lipinski definition) is 2. The molecule has 0 amide bonds. The minimum atomic E-state index is -0.242. The number of nitrogens with one attached hydrogen (secondary N) is 2.